The Hall–Kier alpha value is -3.76. The molecule has 1 N–H and O–H groups in total. The minimum Gasteiger partial charge on any atom is -0.454 e. The van der Waals surface area contributed by atoms with Crippen molar-refractivity contribution in [3.8, 4) is 11.5 Å². The molecule has 0 fully saturated rings. The largest absolute Gasteiger partial charge is 0.454 e. The molecule has 0 saturated heterocycles. The fraction of sp³-hybridized carbons (Fsp3) is 0.333. The van der Waals surface area contributed by atoms with Crippen LogP contribution in [-0.2, 0) is 24.2 Å². The maximum atomic E-state index is 13.4. The highest BCUT2D eigenvalue weighted by Gasteiger charge is 2.32. The zero-order valence-corrected chi connectivity index (χ0v) is 18.7. The summed E-state index contributed by atoms with van der Waals surface area (Å²) >= 11 is 0. The number of nitrogens with zero attached hydrogens (tertiary/aromatic N) is 5. The molecule has 10 heteroatoms. The third-order valence-corrected chi connectivity index (χ3v) is 6.50. The monoisotopic (exact) mass is 460 g/mol. The number of rotatable bonds is 6. The normalized spacial score (nSPS) is 16.0. The van der Waals surface area contributed by atoms with E-state index in [-0.39, 0.29) is 12.4 Å². The summed E-state index contributed by atoms with van der Waals surface area (Å²) in [5, 5.41) is 13.3. The van der Waals surface area contributed by atoms with Gasteiger partial charge in [-0.3, -0.25) is 9.69 Å². The molecule has 34 heavy (non-hydrogen) atoms. The summed E-state index contributed by atoms with van der Waals surface area (Å²) in [6.45, 7) is 2.59. The molecule has 0 bridgehead atoms. The number of fused-ring (bicyclic) bond motifs is 3. The Kier molecular flexibility index (Phi) is 5.23. The number of aromatic nitrogens is 5. The topological polar surface area (TPSA) is 107 Å². The first-order valence-electron chi connectivity index (χ1n) is 11.2. The van der Waals surface area contributed by atoms with Crippen LogP contribution in [0.2, 0.25) is 0 Å². The second-order valence-electron chi connectivity index (χ2n) is 8.49. The maximum absolute atomic E-state index is 13.4. The van der Waals surface area contributed by atoms with Crippen LogP contribution in [0.15, 0.2) is 47.3 Å². The number of nitrogens with one attached hydrogen (secondary N) is 1. The molecular formula is C24H24N6O4. The van der Waals surface area contributed by atoms with E-state index in [2.05, 4.69) is 43.6 Å². The SMILES string of the molecule is COCCn1nnnc1C(c1cc2cc3c(cc2[nH]c1=O)OCO3)N1CCc2ccccc2C1. The van der Waals surface area contributed by atoms with E-state index in [9.17, 15) is 4.79 Å². The molecule has 1 unspecified atom stereocenters. The molecule has 4 aromatic rings. The van der Waals surface area contributed by atoms with Crippen molar-refractivity contribution in [2.75, 3.05) is 27.1 Å². The molecule has 0 amide bonds. The minimum absolute atomic E-state index is 0.173. The van der Waals surface area contributed by atoms with E-state index in [0.29, 0.717) is 48.1 Å². The van der Waals surface area contributed by atoms with Gasteiger partial charge in [-0.25, -0.2) is 4.68 Å². The van der Waals surface area contributed by atoms with Gasteiger partial charge in [-0.1, -0.05) is 24.3 Å². The van der Waals surface area contributed by atoms with E-state index in [0.717, 1.165) is 18.4 Å². The number of hydrogen-bond acceptors (Lipinski definition) is 8. The summed E-state index contributed by atoms with van der Waals surface area (Å²) in [4.78, 5) is 18.7. The average molecular weight is 460 g/mol. The van der Waals surface area contributed by atoms with Crippen molar-refractivity contribution < 1.29 is 14.2 Å². The van der Waals surface area contributed by atoms with Crippen LogP contribution in [0.5, 0.6) is 11.5 Å². The van der Waals surface area contributed by atoms with Crippen LogP contribution in [0.4, 0.5) is 0 Å². The van der Waals surface area contributed by atoms with Crippen LogP contribution in [0, 0.1) is 0 Å². The van der Waals surface area contributed by atoms with Crippen LogP contribution < -0.4 is 15.0 Å². The van der Waals surface area contributed by atoms with Gasteiger partial charge in [0.05, 0.1) is 18.7 Å². The number of tetrazole rings is 1. The van der Waals surface area contributed by atoms with Crippen molar-refractivity contribution in [1.29, 1.82) is 0 Å². The molecule has 2 aromatic carbocycles. The van der Waals surface area contributed by atoms with Crippen molar-refractivity contribution >= 4 is 10.9 Å². The lowest BCUT2D eigenvalue weighted by Crippen LogP contribution is -2.38. The number of pyridine rings is 1. The van der Waals surface area contributed by atoms with Crippen molar-refractivity contribution in [2.24, 2.45) is 0 Å². The Morgan fingerprint density at radius 2 is 1.97 bits per heavy atom. The zero-order chi connectivity index (χ0) is 23.1. The molecule has 1 atom stereocenters. The van der Waals surface area contributed by atoms with Gasteiger partial charge in [-0.2, -0.15) is 0 Å². The predicted molar refractivity (Wildman–Crippen MR) is 123 cm³/mol. The summed E-state index contributed by atoms with van der Waals surface area (Å²) in [5.41, 5.74) is 3.67. The van der Waals surface area contributed by atoms with Gasteiger partial charge in [-0.05, 0) is 40.1 Å². The Labute approximate surface area is 195 Å². The molecule has 0 radical (unpaired) electrons. The van der Waals surface area contributed by atoms with Crippen LogP contribution in [0.1, 0.15) is 28.6 Å². The molecule has 2 aliphatic rings. The summed E-state index contributed by atoms with van der Waals surface area (Å²) < 4.78 is 18.0. The average Bonchev–Trinajstić information content (AvgIpc) is 3.51. The van der Waals surface area contributed by atoms with E-state index in [1.54, 1.807) is 17.9 Å². The number of H-pyrrole nitrogens is 1. The van der Waals surface area contributed by atoms with E-state index < -0.39 is 6.04 Å². The Morgan fingerprint density at radius 3 is 2.82 bits per heavy atom. The summed E-state index contributed by atoms with van der Waals surface area (Å²) in [6, 6.07) is 13.6. The fourth-order valence-corrected chi connectivity index (χ4v) is 4.80. The van der Waals surface area contributed by atoms with Gasteiger partial charge in [0.1, 0.15) is 6.04 Å². The predicted octanol–water partition coefficient (Wildman–Crippen LogP) is 2.04. The minimum atomic E-state index is -0.432. The smallest absolute Gasteiger partial charge is 0.253 e. The summed E-state index contributed by atoms with van der Waals surface area (Å²) in [6.07, 6.45) is 0.885. The first kappa shape index (κ1) is 20.8. The number of aromatic amines is 1. The molecule has 0 spiro atoms. The first-order valence-corrected chi connectivity index (χ1v) is 11.2. The molecule has 10 nitrogen and oxygen atoms in total. The van der Waals surface area contributed by atoms with Crippen LogP contribution in [0.25, 0.3) is 10.9 Å². The molecule has 0 aliphatic carbocycles. The Bertz CT molecular complexity index is 1410. The highest BCUT2D eigenvalue weighted by Crippen LogP contribution is 2.37. The van der Waals surface area contributed by atoms with Crippen LogP contribution in [0.3, 0.4) is 0 Å². The van der Waals surface area contributed by atoms with E-state index in [4.69, 9.17) is 14.2 Å². The second-order valence-corrected chi connectivity index (χ2v) is 8.49. The number of ether oxygens (including phenoxy) is 3. The van der Waals surface area contributed by atoms with E-state index in [1.165, 1.54) is 11.1 Å². The number of methoxy groups -OCH3 is 1. The molecule has 2 aliphatic heterocycles. The van der Waals surface area contributed by atoms with Crippen LogP contribution >= 0.6 is 0 Å². The number of hydrogen-bond donors (Lipinski definition) is 1. The molecule has 2 aromatic heterocycles. The van der Waals surface area contributed by atoms with Crippen molar-refractivity contribution in [1.82, 2.24) is 30.1 Å². The van der Waals surface area contributed by atoms with Gasteiger partial charge >= 0.3 is 0 Å². The van der Waals surface area contributed by atoms with E-state index >= 15 is 0 Å². The summed E-state index contributed by atoms with van der Waals surface area (Å²) in [5.74, 6) is 1.91. The third-order valence-electron chi connectivity index (χ3n) is 6.50. The van der Waals surface area contributed by atoms with Crippen LogP contribution in [-0.4, -0.2) is 57.1 Å². The number of benzene rings is 2. The molecule has 6 rings (SSSR count). The molecule has 4 heterocycles. The molecular weight excluding hydrogens is 436 g/mol. The van der Waals surface area contributed by atoms with Gasteiger partial charge in [0.15, 0.2) is 17.3 Å². The maximum Gasteiger partial charge on any atom is 0.253 e. The third kappa shape index (κ3) is 3.61. The standard InChI is InChI=1S/C24H24N6O4/c1-32-9-8-30-23(26-27-28-30)22(29-7-6-15-4-2-3-5-16(15)13-29)18-10-17-11-20-21(34-14-33-20)12-19(17)25-24(18)31/h2-5,10-12,22H,6-9,13-14H2,1H3,(H,25,31). The van der Waals surface area contributed by atoms with Gasteiger partial charge in [0, 0.05) is 37.2 Å². The zero-order valence-electron chi connectivity index (χ0n) is 18.7. The lowest BCUT2D eigenvalue weighted by atomic mass is 9.96. The Morgan fingerprint density at radius 1 is 1.15 bits per heavy atom. The quantitative estimate of drug-likeness (QED) is 0.466. The van der Waals surface area contributed by atoms with Gasteiger partial charge in [-0.15, -0.1) is 5.10 Å². The van der Waals surface area contributed by atoms with Gasteiger partial charge in [0.25, 0.3) is 5.56 Å². The Balaban J connectivity index is 1.48. The lowest BCUT2D eigenvalue weighted by molar-refractivity contribution is 0.169. The highest BCUT2D eigenvalue weighted by molar-refractivity contribution is 5.83. The van der Waals surface area contributed by atoms with Crippen molar-refractivity contribution in [3.05, 3.63) is 75.3 Å². The molecule has 0 saturated carbocycles. The highest BCUT2D eigenvalue weighted by atomic mass is 16.7. The lowest BCUT2D eigenvalue weighted by Gasteiger charge is -2.34. The van der Waals surface area contributed by atoms with Crippen molar-refractivity contribution in [2.45, 2.75) is 25.6 Å². The van der Waals surface area contributed by atoms with Gasteiger partial charge in [0.2, 0.25) is 6.79 Å². The van der Waals surface area contributed by atoms with E-state index in [1.807, 2.05) is 18.2 Å². The van der Waals surface area contributed by atoms with Crippen molar-refractivity contribution in [3.63, 3.8) is 0 Å². The fourth-order valence-electron chi connectivity index (χ4n) is 4.80. The summed E-state index contributed by atoms with van der Waals surface area (Å²) in [7, 11) is 1.64. The second kappa shape index (κ2) is 8.54. The first-order chi connectivity index (χ1) is 16.7. The van der Waals surface area contributed by atoms with Gasteiger partial charge < -0.3 is 19.2 Å². The molecule has 174 valence electrons.